The van der Waals surface area contributed by atoms with Crippen LogP contribution in [0.25, 0.3) is 11.3 Å². The van der Waals surface area contributed by atoms with Crippen LogP contribution in [0.1, 0.15) is 10.5 Å². The summed E-state index contributed by atoms with van der Waals surface area (Å²) >= 11 is 6.19. The van der Waals surface area contributed by atoms with Crippen LogP contribution < -0.4 is 20.7 Å². The van der Waals surface area contributed by atoms with Crippen molar-refractivity contribution in [1.29, 1.82) is 0 Å². The number of H-pyrrole nitrogens is 1. The van der Waals surface area contributed by atoms with Crippen LogP contribution in [0.3, 0.4) is 0 Å². The first-order valence-electron chi connectivity index (χ1n) is 9.98. The van der Waals surface area contributed by atoms with Crippen LogP contribution >= 0.6 is 11.6 Å². The Balaban J connectivity index is 1.46. The van der Waals surface area contributed by atoms with Gasteiger partial charge in [0.2, 0.25) is 0 Å². The number of piperazine rings is 1. The Labute approximate surface area is 185 Å². The molecule has 31 heavy (non-hydrogen) atoms. The van der Waals surface area contributed by atoms with Crippen molar-refractivity contribution in [3.8, 4) is 17.0 Å². The van der Waals surface area contributed by atoms with Gasteiger partial charge in [-0.15, -0.1) is 0 Å². The summed E-state index contributed by atoms with van der Waals surface area (Å²) in [6.07, 6.45) is 0. The van der Waals surface area contributed by atoms with E-state index >= 15 is 0 Å². The minimum Gasteiger partial charge on any atom is -0.495 e. The van der Waals surface area contributed by atoms with Crippen LogP contribution in [-0.4, -0.2) is 61.3 Å². The average molecular weight is 441 g/mol. The third-order valence-electron chi connectivity index (χ3n) is 5.42. The lowest BCUT2D eigenvalue weighted by molar-refractivity contribution is 0.102. The van der Waals surface area contributed by atoms with Crippen molar-refractivity contribution in [2.24, 2.45) is 0 Å². The zero-order valence-electron chi connectivity index (χ0n) is 17.5. The highest BCUT2D eigenvalue weighted by Gasteiger charge is 2.17. The van der Waals surface area contributed by atoms with Gasteiger partial charge in [-0.05, 0) is 49.5 Å². The number of anilines is 3. The highest BCUT2D eigenvalue weighted by Crippen LogP contribution is 2.30. The van der Waals surface area contributed by atoms with Gasteiger partial charge in [0, 0.05) is 37.4 Å². The summed E-state index contributed by atoms with van der Waals surface area (Å²) in [5.74, 6) is 0.256. The van der Waals surface area contributed by atoms with E-state index < -0.39 is 0 Å². The number of rotatable bonds is 5. The zero-order valence-corrected chi connectivity index (χ0v) is 18.2. The molecule has 0 bridgehead atoms. The molecule has 162 valence electrons. The number of likely N-dealkylation sites (N-methyl/N-ethyl adjacent to an activating group) is 1. The van der Waals surface area contributed by atoms with E-state index in [0.717, 1.165) is 37.4 Å². The van der Waals surface area contributed by atoms with Gasteiger partial charge in [0.1, 0.15) is 11.4 Å². The van der Waals surface area contributed by atoms with Crippen LogP contribution in [0, 0.1) is 0 Å². The van der Waals surface area contributed by atoms with Gasteiger partial charge in [-0.1, -0.05) is 11.6 Å². The van der Waals surface area contributed by atoms with Crippen molar-refractivity contribution in [3.63, 3.8) is 0 Å². The second-order valence-corrected chi connectivity index (χ2v) is 7.94. The molecule has 2 aromatic carbocycles. The maximum Gasteiger partial charge on any atom is 0.273 e. The average Bonchev–Trinajstić information content (AvgIpc) is 3.26. The molecule has 0 saturated carbocycles. The Kier molecular flexibility index (Phi) is 6.01. The smallest absolute Gasteiger partial charge is 0.273 e. The molecule has 0 aliphatic carbocycles. The molecule has 0 spiro atoms. The van der Waals surface area contributed by atoms with Gasteiger partial charge < -0.3 is 25.6 Å². The number of nitrogens with zero attached hydrogens (tertiary/aromatic N) is 3. The summed E-state index contributed by atoms with van der Waals surface area (Å²) in [5, 5.41) is 10.3. The SMILES string of the molecule is COc1ccc(-c2cc(C(=O)Nc3ccc(N4CCN(C)CC4)cc3N)[nH]n2)cc1Cl. The van der Waals surface area contributed by atoms with E-state index in [-0.39, 0.29) is 5.91 Å². The molecular formula is C22H25ClN6O2. The summed E-state index contributed by atoms with van der Waals surface area (Å²) in [5.41, 5.74) is 10.1. The van der Waals surface area contributed by atoms with Gasteiger partial charge in [-0.2, -0.15) is 5.10 Å². The van der Waals surface area contributed by atoms with E-state index in [1.807, 2.05) is 24.3 Å². The second-order valence-electron chi connectivity index (χ2n) is 7.53. The van der Waals surface area contributed by atoms with E-state index in [0.29, 0.717) is 33.5 Å². The fraction of sp³-hybridized carbons (Fsp3) is 0.273. The van der Waals surface area contributed by atoms with E-state index in [9.17, 15) is 4.79 Å². The lowest BCUT2D eigenvalue weighted by Crippen LogP contribution is -2.44. The number of aromatic amines is 1. The molecule has 1 aromatic heterocycles. The minimum atomic E-state index is -0.322. The predicted octanol–water partition coefficient (Wildman–Crippen LogP) is 3.33. The molecular weight excluding hydrogens is 416 g/mol. The van der Waals surface area contributed by atoms with Gasteiger partial charge in [0.15, 0.2) is 0 Å². The van der Waals surface area contributed by atoms with Crippen molar-refractivity contribution in [2.45, 2.75) is 0 Å². The standard InChI is InChI=1S/C22H25ClN6O2/c1-28-7-9-29(10-8-28)15-4-5-18(17(24)12-15)25-22(30)20-13-19(26-27-20)14-3-6-21(31-2)16(23)11-14/h3-6,11-13H,7-10,24H2,1-2H3,(H,25,30)(H,26,27). The van der Waals surface area contributed by atoms with Gasteiger partial charge in [0.25, 0.3) is 5.91 Å². The Hall–Kier alpha value is -3.23. The van der Waals surface area contributed by atoms with Crippen LogP contribution in [0.5, 0.6) is 5.75 Å². The maximum atomic E-state index is 12.7. The number of nitrogen functional groups attached to an aromatic ring is 1. The molecule has 0 radical (unpaired) electrons. The molecule has 1 aliphatic rings. The third-order valence-corrected chi connectivity index (χ3v) is 5.72. The van der Waals surface area contributed by atoms with Crippen LogP contribution in [0.15, 0.2) is 42.5 Å². The number of carbonyl (C=O) groups is 1. The van der Waals surface area contributed by atoms with E-state index in [4.69, 9.17) is 22.1 Å². The van der Waals surface area contributed by atoms with E-state index in [1.165, 1.54) is 0 Å². The molecule has 9 heteroatoms. The van der Waals surface area contributed by atoms with Crippen molar-refractivity contribution in [3.05, 3.63) is 53.2 Å². The Bertz CT molecular complexity index is 1090. The number of ether oxygens (including phenoxy) is 1. The van der Waals surface area contributed by atoms with Gasteiger partial charge in [-0.3, -0.25) is 9.89 Å². The third kappa shape index (κ3) is 4.60. The Morgan fingerprint density at radius 2 is 1.94 bits per heavy atom. The van der Waals surface area contributed by atoms with E-state index in [2.05, 4.69) is 32.4 Å². The molecule has 4 N–H and O–H groups in total. The molecule has 0 atom stereocenters. The van der Waals surface area contributed by atoms with Crippen molar-refractivity contribution < 1.29 is 9.53 Å². The summed E-state index contributed by atoms with van der Waals surface area (Å²) < 4.78 is 5.17. The first-order chi connectivity index (χ1) is 14.9. The fourth-order valence-electron chi connectivity index (χ4n) is 3.53. The molecule has 4 rings (SSSR count). The first-order valence-corrected chi connectivity index (χ1v) is 10.4. The largest absolute Gasteiger partial charge is 0.495 e. The zero-order chi connectivity index (χ0) is 22.0. The normalized spacial score (nSPS) is 14.5. The fourth-order valence-corrected chi connectivity index (χ4v) is 3.78. The summed E-state index contributed by atoms with van der Waals surface area (Å²) in [4.78, 5) is 17.3. The summed E-state index contributed by atoms with van der Waals surface area (Å²) in [7, 11) is 3.68. The van der Waals surface area contributed by atoms with Gasteiger partial charge in [0.05, 0.1) is 29.2 Å². The lowest BCUT2D eigenvalue weighted by Gasteiger charge is -2.34. The van der Waals surface area contributed by atoms with Crippen LogP contribution in [-0.2, 0) is 0 Å². The topological polar surface area (TPSA) is 99.5 Å². The number of amides is 1. The van der Waals surface area contributed by atoms with Crippen LogP contribution in [0.2, 0.25) is 5.02 Å². The first kappa shape index (κ1) is 21.0. The molecule has 0 unspecified atom stereocenters. The number of benzene rings is 2. The summed E-state index contributed by atoms with van der Waals surface area (Å²) in [6, 6.07) is 12.7. The molecule has 1 saturated heterocycles. The highest BCUT2D eigenvalue weighted by molar-refractivity contribution is 6.32. The minimum absolute atomic E-state index is 0.322. The number of halogens is 1. The quantitative estimate of drug-likeness (QED) is 0.526. The molecule has 2 heterocycles. The number of carbonyl (C=O) groups excluding carboxylic acids is 1. The number of hydrogen-bond donors (Lipinski definition) is 3. The van der Waals surface area contributed by atoms with E-state index in [1.54, 1.807) is 25.3 Å². The monoisotopic (exact) mass is 440 g/mol. The Morgan fingerprint density at radius 1 is 1.16 bits per heavy atom. The number of hydrogen-bond acceptors (Lipinski definition) is 6. The van der Waals surface area contributed by atoms with Crippen molar-refractivity contribution in [2.75, 3.05) is 56.3 Å². The number of methoxy groups -OCH3 is 1. The van der Waals surface area contributed by atoms with Crippen molar-refractivity contribution >= 4 is 34.6 Å². The lowest BCUT2D eigenvalue weighted by atomic mass is 10.1. The molecule has 3 aromatic rings. The number of nitrogens with two attached hydrogens (primary N) is 1. The molecule has 8 nitrogen and oxygen atoms in total. The van der Waals surface area contributed by atoms with Crippen LogP contribution in [0.4, 0.5) is 17.1 Å². The molecule has 1 fully saturated rings. The molecule has 1 aliphatic heterocycles. The molecule has 1 amide bonds. The second kappa shape index (κ2) is 8.87. The Morgan fingerprint density at radius 3 is 2.61 bits per heavy atom. The van der Waals surface area contributed by atoms with Gasteiger partial charge >= 0.3 is 0 Å². The number of nitrogens with one attached hydrogen (secondary N) is 2. The van der Waals surface area contributed by atoms with Crippen molar-refractivity contribution in [1.82, 2.24) is 15.1 Å². The maximum absolute atomic E-state index is 12.7. The predicted molar refractivity (Wildman–Crippen MR) is 124 cm³/mol. The highest BCUT2D eigenvalue weighted by atomic mass is 35.5. The number of aromatic nitrogens is 2. The van der Waals surface area contributed by atoms with Gasteiger partial charge in [-0.25, -0.2) is 0 Å². The summed E-state index contributed by atoms with van der Waals surface area (Å²) in [6.45, 7) is 3.93.